The van der Waals surface area contributed by atoms with Crippen molar-refractivity contribution in [2.75, 3.05) is 7.11 Å². The fourth-order valence-electron chi connectivity index (χ4n) is 4.67. The lowest BCUT2D eigenvalue weighted by atomic mass is 9.86. The van der Waals surface area contributed by atoms with Crippen molar-refractivity contribution in [1.29, 1.82) is 0 Å². The Morgan fingerprint density at radius 2 is 1.29 bits per heavy atom. The summed E-state index contributed by atoms with van der Waals surface area (Å²) in [4.78, 5) is 0. The molecule has 0 N–H and O–H groups in total. The third kappa shape index (κ3) is 3.07. The van der Waals surface area contributed by atoms with Crippen LogP contribution < -0.4 is 4.74 Å². The van der Waals surface area contributed by atoms with E-state index in [2.05, 4.69) is 47.6 Å². The average molecular weight is 415 g/mol. The minimum atomic E-state index is 0.821. The SMILES string of the molecule is CC.COc1ccc2c(c1)CCc1c(-c3noc4c3CCc3cc(C)ccc3-4)noc1-2. The number of nitrogens with zero attached hydrogens (tertiary/aromatic N) is 2. The van der Waals surface area contributed by atoms with E-state index in [0.717, 1.165) is 76.6 Å². The maximum absolute atomic E-state index is 5.82. The van der Waals surface area contributed by atoms with Gasteiger partial charge in [0.2, 0.25) is 0 Å². The number of hydrogen-bond donors (Lipinski definition) is 0. The molecule has 2 heterocycles. The minimum Gasteiger partial charge on any atom is -0.497 e. The number of aromatic nitrogens is 2. The van der Waals surface area contributed by atoms with Crippen molar-refractivity contribution in [3.63, 3.8) is 0 Å². The quantitative estimate of drug-likeness (QED) is 0.390. The van der Waals surface area contributed by atoms with E-state index in [9.17, 15) is 0 Å². The Morgan fingerprint density at radius 3 is 1.87 bits per heavy atom. The molecule has 0 saturated heterocycles. The summed E-state index contributed by atoms with van der Waals surface area (Å²) in [5.74, 6) is 2.58. The summed E-state index contributed by atoms with van der Waals surface area (Å²) in [6.07, 6.45) is 3.68. The second kappa shape index (κ2) is 7.73. The zero-order valence-electron chi connectivity index (χ0n) is 18.4. The second-order valence-corrected chi connectivity index (χ2v) is 7.86. The molecule has 0 saturated carbocycles. The molecule has 0 aliphatic heterocycles. The topological polar surface area (TPSA) is 61.3 Å². The van der Waals surface area contributed by atoms with Crippen molar-refractivity contribution >= 4 is 0 Å². The summed E-state index contributed by atoms with van der Waals surface area (Å²) in [5.41, 5.74) is 9.96. The van der Waals surface area contributed by atoms with Gasteiger partial charge in [0, 0.05) is 22.3 Å². The van der Waals surface area contributed by atoms with E-state index in [0.29, 0.717) is 0 Å². The third-order valence-corrected chi connectivity index (χ3v) is 6.15. The molecule has 2 aliphatic rings. The van der Waals surface area contributed by atoms with Gasteiger partial charge in [0.05, 0.1) is 7.11 Å². The van der Waals surface area contributed by atoms with E-state index in [1.165, 1.54) is 16.7 Å². The standard InChI is InChI=1S/C24H20N2O3.C2H6/c1-13-3-7-17-14(11-13)4-8-19-21(25-28-23(17)19)22-20-9-5-15-12-16(27-2)6-10-18(15)24(20)29-26-22;1-2/h3,6-7,10-12H,4-5,8-9H2,1-2H3;1-2H3. The molecule has 0 spiro atoms. The molecule has 5 heteroatoms. The highest BCUT2D eigenvalue weighted by molar-refractivity contribution is 5.80. The highest BCUT2D eigenvalue weighted by atomic mass is 16.5. The van der Waals surface area contributed by atoms with Gasteiger partial charge >= 0.3 is 0 Å². The van der Waals surface area contributed by atoms with Crippen LogP contribution in [0.25, 0.3) is 34.0 Å². The third-order valence-electron chi connectivity index (χ3n) is 6.15. The van der Waals surface area contributed by atoms with Gasteiger partial charge in [-0.1, -0.05) is 47.9 Å². The van der Waals surface area contributed by atoms with Gasteiger partial charge in [-0.3, -0.25) is 0 Å². The van der Waals surface area contributed by atoms with Gasteiger partial charge < -0.3 is 13.8 Å². The van der Waals surface area contributed by atoms with Gasteiger partial charge in [-0.2, -0.15) is 0 Å². The Labute approximate surface area is 182 Å². The predicted molar refractivity (Wildman–Crippen MR) is 120 cm³/mol. The van der Waals surface area contributed by atoms with Gasteiger partial charge in [-0.15, -0.1) is 0 Å². The molecule has 0 radical (unpaired) electrons. The Kier molecular flexibility index (Phi) is 4.89. The van der Waals surface area contributed by atoms with Gasteiger partial charge in [-0.25, -0.2) is 0 Å². The first-order valence-corrected chi connectivity index (χ1v) is 11.0. The first kappa shape index (κ1) is 19.6. The summed E-state index contributed by atoms with van der Waals surface area (Å²) in [7, 11) is 1.69. The number of ether oxygens (including phenoxy) is 1. The van der Waals surface area contributed by atoms with Crippen LogP contribution in [-0.2, 0) is 25.7 Å². The van der Waals surface area contributed by atoms with Crippen LogP contribution in [0, 0.1) is 6.92 Å². The van der Waals surface area contributed by atoms with E-state index >= 15 is 0 Å². The molecule has 0 unspecified atom stereocenters. The lowest BCUT2D eigenvalue weighted by molar-refractivity contribution is 0.413. The van der Waals surface area contributed by atoms with E-state index in [1.54, 1.807) is 7.11 Å². The van der Waals surface area contributed by atoms with Gasteiger partial charge in [0.15, 0.2) is 11.5 Å². The van der Waals surface area contributed by atoms with Crippen LogP contribution in [0.3, 0.4) is 0 Å². The van der Waals surface area contributed by atoms with Gasteiger partial charge in [0.25, 0.3) is 0 Å². The zero-order valence-corrected chi connectivity index (χ0v) is 18.4. The molecule has 2 aromatic carbocycles. The van der Waals surface area contributed by atoms with Crippen molar-refractivity contribution in [3.05, 3.63) is 64.2 Å². The number of hydrogen-bond acceptors (Lipinski definition) is 5. The molecule has 2 aliphatic carbocycles. The Balaban J connectivity index is 0.000000994. The van der Waals surface area contributed by atoms with Crippen molar-refractivity contribution in [3.8, 4) is 39.8 Å². The van der Waals surface area contributed by atoms with Gasteiger partial charge in [0.1, 0.15) is 17.1 Å². The van der Waals surface area contributed by atoms with Crippen molar-refractivity contribution in [1.82, 2.24) is 10.3 Å². The molecule has 0 atom stereocenters. The number of methoxy groups -OCH3 is 1. The fraction of sp³-hybridized carbons (Fsp3) is 0.308. The number of rotatable bonds is 2. The minimum absolute atomic E-state index is 0.821. The fourth-order valence-corrected chi connectivity index (χ4v) is 4.67. The molecule has 0 bridgehead atoms. The maximum atomic E-state index is 5.82. The van der Waals surface area contributed by atoms with E-state index in [1.807, 2.05) is 19.9 Å². The van der Waals surface area contributed by atoms with E-state index in [4.69, 9.17) is 13.8 Å². The van der Waals surface area contributed by atoms with Crippen LogP contribution in [0.2, 0.25) is 0 Å². The molecule has 2 aromatic heterocycles. The lowest BCUT2D eigenvalue weighted by Gasteiger charge is -2.16. The lowest BCUT2D eigenvalue weighted by Crippen LogP contribution is -2.05. The Bertz CT molecular complexity index is 1270. The zero-order chi connectivity index (χ0) is 21.5. The average Bonchev–Trinajstić information content (AvgIpc) is 3.43. The van der Waals surface area contributed by atoms with Crippen LogP contribution >= 0.6 is 0 Å². The highest BCUT2D eigenvalue weighted by Crippen LogP contribution is 2.43. The smallest absolute Gasteiger partial charge is 0.171 e. The summed E-state index contributed by atoms with van der Waals surface area (Å²) >= 11 is 0. The number of fused-ring (bicyclic) bond motifs is 6. The van der Waals surface area contributed by atoms with Crippen LogP contribution in [0.15, 0.2) is 45.4 Å². The second-order valence-electron chi connectivity index (χ2n) is 7.86. The van der Waals surface area contributed by atoms with Crippen LogP contribution in [-0.4, -0.2) is 17.4 Å². The maximum Gasteiger partial charge on any atom is 0.171 e. The van der Waals surface area contributed by atoms with Gasteiger partial charge in [-0.05, 0) is 61.9 Å². The molecular weight excluding hydrogens is 388 g/mol. The summed E-state index contributed by atoms with van der Waals surface area (Å²) < 4.78 is 17.0. The molecule has 158 valence electrons. The van der Waals surface area contributed by atoms with E-state index < -0.39 is 0 Å². The monoisotopic (exact) mass is 414 g/mol. The van der Waals surface area contributed by atoms with Crippen LogP contribution in [0.4, 0.5) is 0 Å². The van der Waals surface area contributed by atoms with Crippen LogP contribution in [0.1, 0.15) is 41.7 Å². The number of aryl methyl sites for hydroxylation is 3. The summed E-state index contributed by atoms with van der Waals surface area (Å²) in [5, 5.41) is 8.87. The highest BCUT2D eigenvalue weighted by Gasteiger charge is 2.31. The normalized spacial score (nSPS) is 13.3. The van der Waals surface area contributed by atoms with Crippen molar-refractivity contribution < 1.29 is 13.8 Å². The molecule has 4 aromatic rings. The van der Waals surface area contributed by atoms with Crippen LogP contribution in [0.5, 0.6) is 5.75 Å². The first-order chi connectivity index (χ1) is 15.2. The number of benzene rings is 2. The summed E-state index contributed by atoms with van der Waals surface area (Å²) in [6.45, 7) is 6.12. The van der Waals surface area contributed by atoms with Crippen molar-refractivity contribution in [2.24, 2.45) is 0 Å². The molecule has 0 amide bonds. The molecular formula is C26H26N2O3. The Morgan fingerprint density at radius 1 is 0.742 bits per heavy atom. The molecule has 6 rings (SSSR count). The molecule has 31 heavy (non-hydrogen) atoms. The predicted octanol–water partition coefficient (Wildman–Crippen LogP) is 6.20. The molecule has 5 nitrogen and oxygen atoms in total. The van der Waals surface area contributed by atoms with E-state index in [-0.39, 0.29) is 0 Å². The first-order valence-electron chi connectivity index (χ1n) is 11.0. The largest absolute Gasteiger partial charge is 0.497 e. The molecule has 0 fully saturated rings. The summed E-state index contributed by atoms with van der Waals surface area (Å²) in [6, 6.07) is 12.6. The Hall–Kier alpha value is -3.34. The van der Waals surface area contributed by atoms with Crippen molar-refractivity contribution in [2.45, 2.75) is 46.5 Å².